The molecule has 0 unspecified atom stereocenters. The predicted molar refractivity (Wildman–Crippen MR) is 74.3 cm³/mol. The van der Waals surface area contributed by atoms with Gasteiger partial charge < -0.3 is 10.1 Å². The molecule has 1 aromatic heterocycles. The van der Waals surface area contributed by atoms with Crippen molar-refractivity contribution in [2.75, 3.05) is 13.7 Å². The van der Waals surface area contributed by atoms with Crippen molar-refractivity contribution >= 4 is 27.3 Å². The summed E-state index contributed by atoms with van der Waals surface area (Å²) in [7, 11) is -2.58. The minimum atomic E-state index is -3.77. The highest BCUT2D eigenvalue weighted by atomic mass is 32.2. The number of methoxy groups -OCH3 is 1. The molecule has 20 heavy (non-hydrogen) atoms. The molecule has 2 rings (SSSR count). The van der Waals surface area contributed by atoms with E-state index < -0.39 is 16.0 Å². The molecule has 1 fully saturated rings. The maximum absolute atomic E-state index is 12.4. The van der Waals surface area contributed by atoms with Crippen LogP contribution in [0.25, 0.3) is 0 Å². The Morgan fingerprint density at radius 2 is 2.35 bits per heavy atom. The fraction of sp³-hybridized carbons (Fsp3) is 0.636. The minimum Gasteiger partial charge on any atom is -0.464 e. The molecule has 0 amide bonds. The number of sulfonamides is 1. The van der Waals surface area contributed by atoms with Crippen LogP contribution < -0.4 is 10.0 Å². The number of esters is 1. The number of nitrogens with one attached hydrogen (secondary N) is 2. The van der Waals surface area contributed by atoms with Crippen molar-refractivity contribution in [1.82, 2.24) is 15.0 Å². The molecule has 0 spiro atoms. The zero-order chi connectivity index (χ0) is 14.8. The van der Waals surface area contributed by atoms with Crippen LogP contribution in [0.3, 0.4) is 0 Å². The average Bonchev–Trinajstić information content (AvgIpc) is 2.90. The predicted octanol–water partition coefficient (Wildman–Crippen LogP) is 0.348. The number of piperidine rings is 1. The number of carbonyl (C=O) groups excluding carboxylic acids is 1. The maximum Gasteiger partial charge on any atom is 0.358 e. The van der Waals surface area contributed by atoms with Crippen molar-refractivity contribution < 1.29 is 17.9 Å². The highest BCUT2D eigenvalue weighted by molar-refractivity contribution is 7.91. The van der Waals surface area contributed by atoms with Gasteiger partial charge in [0.25, 0.3) is 10.0 Å². The SMILES string of the molecule is COC(=O)c1ncsc1S(=O)(=O)N[C@H]1CCCN[C@H]1C. The van der Waals surface area contributed by atoms with E-state index in [-0.39, 0.29) is 22.0 Å². The Morgan fingerprint density at radius 3 is 3.00 bits per heavy atom. The number of hydrogen-bond donors (Lipinski definition) is 2. The van der Waals surface area contributed by atoms with Gasteiger partial charge in [0.05, 0.1) is 12.6 Å². The zero-order valence-corrected chi connectivity index (χ0v) is 12.9. The molecule has 2 atom stereocenters. The topological polar surface area (TPSA) is 97.4 Å². The second kappa shape index (κ2) is 6.17. The first-order valence-electron chi connectivity index (χ1n) is 6.23. The van der Waals surface area contributed by atoms with Crippen molar-refractivity contribution in [2.24, 2.45) is 0 Å². The normalized spacial score (nSPS) is 23.5. The van der Waals surface area contributed by atoms with Gasteiger partial charge in [-0.2, -0.15) is 0 Å². The molecule has 1 saturated heterocycles. The van der Waals surface area contributed by atoms with E-state index >= 15 is 0 Å². The number of carbonyl (C=O) groups is 1. The molecule has 0 aliphatic carbocycles. The van der Waals surface area contributed by atoms with Gasteiger partial charge >= 0.3 is 5.97 Å². The molecule has 0 aromatic carbocycles. The Hall–Kier alpha value is -1.03. The summed E-state index contributed by atoms with van der Waals surface area (Å²) in [5, 5.41) is 3.22. The molecular formula is C11H17N3O4S2. The average molecular weight is 319 g/mol. The molecule has 1 aromatic rings. The fourth-order valence-corrected chi connectivity index (χ4v) is 4.62. The Bertz CT molecular complexity index is 584. The third kappa shape index (κ3) is 3.17. The molecule has 0 radical (unpaired) electrons. The number of ether oxygens (including phenoxy) is 1. The Morgan fingerprint density at radius 1 is 1.60 bits per heavy atom. The number of thiazole rings is 1. The van der Waals surface area contributed by atoms with Crippen molar-refractivity contribution in [2.45, 2.75) is 36.1 Å². The highest BCUT2D eigenvalue weighted by Crippen LogP contribution is 2.22. The van der Waals surface area contributed by atoms with Gasteiger partial charge in [0.2, 0.25) is 0 Å². The molecule has 2 heterocycles. The van der Waals surface area contributed by atoms with Gasteiger partial charge in [0.15, 0.2) is 9.90 Å². The smallest absolute Gasteiger partial charge is 0.358 e. The molecule has 7 nitrogen and oxygen atoms in total. The minimum absolute atomic E-state index is 0.0491. The Kier molecular flexibility index (Phi) is 4.74. The molecule has 9 heteroatoms. The lowest BCUT2D eigenvalue weighted by Crippen LogP contribution is -2.51. The Labute approximate surface area is 121 Å². The summed E-state index contributed by atoms with van der Waals surface area (Å²) in [6.07, 6.45) is 1.67. The first kappa shape index (κ1) is 15.4. The summed E-state index contributed by atoms with van der Waals surface area (Å²) < 4.78 is 31.8. The van der Waals surface area contributed by atoms with E-state index in [0.29, 0.717) is 0 Å². The summed E-state index contributed by atoms with van der Waals surface area (Å²) in [4.78, 5) is 15.3. The highest BCUT2D eigenvalue weighted by Gasteiger charge is 2.31. The molecule has 0 bridgehead atoms. The van der Waals surface area contributed by atoms with Gasteiger partial charge in [-0.05, 0) is 26.3 Å². The van der Waals surface area contributed by atoms with Crippen LogP contribution in [-0.4, -0.2) is 45.1 Å². The number of aromatic nitrogens is 1. The fourth-order valence-electron chi connectivity index (χ4n) is 2.12. The van der Waals surface area contributed by atoms with Crippen LogP contribution in [0.4, 0.5) is 0 Å². The summed E-state index contributed by atoms with van der Waals surface area (Å²) >= 11 is 0.907. The molecule has 1 aliphatic rings. The van der Waals surface area contributed by atoms with E-state index in [2.05, 4.69) is 19.8 Å². The maximum atomic E-state index is 12.4. The quantitative estimate of drug-likeness (QED) is 0.777. The first-order chi connectivity index (χ1) is 9.45. The van der Waals surface area contributed by atoms with Crippen LogP contribution >= 0.6 is 11.3 Å². The van der Waals surface area contributed by atoms with Crippen molar-refractivity contribution in [3.63, 3.8) is 0 Å². The van der Waals surface area contributed by atoms with Gasteiger partial charge in [-0.15, -0.1) is 11.3 Å². The largest absolute Gasteiger partial charge is 0.464 e. The zero-order valence-electron chi connectivity index (χ0n) is 11.3. The van der Waals surface area contributed by atoms with Crippen LogP contribution in [-0.2, 0) is 14.8 Å². The molecular weight excluding hydrogens is 302 g/mol. The summed E-state index contributed by atoms with van der Waals surface area (Å²) in [5.74, 6) is -0.749. The van der Waals surface area contributed by atoms with Gasteiger partial charge in [0, 0.05) is 12.1 Å². The third-order valence-corrected chi connectivity index (χ3v) is 6.09. The van der Waals surface area contributed by atoms with Gasteiger partial charge in [-0.3, -0.25) is 0 Å². The molecule has 0 saturated carbocycles. The molecule has 2 N–H and O–H groups in total. The second-order valence-electron chi connectivity index (χ2n) is 4.59. The lowest BCUT2D eigenvalue weighted by atomic mass is 10.0. The lowest BCUT2D eigenvalue weighted by Gasteiger charge is -2.30. The van der Waals surface area contributed by atoms with Gasteiger partial charge in [-0.25, -0.2) is 22.9 Å². The number of rotatable bonds is 4. The Balaban J connectivity index is 2.22. The standard InChI is InChI=1S/C11H17N3O4S2/c1-7-8(4-3-5-12-7)14-20(16,17)11-9(10(15)18-2)13-6-19-11/h6-8,12,14H,3-5H2,1-2H3/t7-,8-/m0/s1. The van der Waals surface area contributed by atoms with Crippen LogP contribution in [0.5, 0.6) is 0 Å². The van der Waals surface area contributed by atoms with E-state index in [1.54, 1.807) is 0 Å². The first-order valence-corrected chi connectivity index (χ1v) is 8.59. The number of nitrogens with zero attached hydrogens (tertiary/aromatic N) is 1. The van der Waals surface area contributed by atoms with E-state index in [1.165, 1.54) is 12.6 Å². The van der Waals surface area contributed by atoms with Gasteiger partial charge in [0.1, 0.15) is 0 Å². The van der Waals surface area contributed by atoms with E-state index in [9.17, 15) is 13.2 Å². The van der Waals surface area contributed by atoms with Crippen molar-refractivity contribution in [3.8, 4) is 0 Å². The molecule has 112 valence electrons. The van der Waals surface area contributed by atoms with E-state index in [0.717, 1.165) is 30.7 Å². The van der Waals surface area contributed by atoms with Crippen LogP contribution in [0, 0.1) is 0 Å². The van der Waals surface area contributed by atoms with Crippen LogP contribution in [0.2, 0.25) is 0 Å². The van der Waals surface area contributed by atoms with Crippen LogP contribution in [0.15, 0.2) is 9.72 Å². The van der Waals surface area contributed by atoms with Gasteiger partial charge in [-0.1, -0.05) is 0 Å². The summed E-state index contributed by atoms with van der Waals surface area (Å²) in [6.45, 7) is 2.81. The third-order valence-electron chi connectivity index (χ3n) is 3.23. The van der Waals surface area contributed by atoms with Crippen molar-refractivity contribution in [1.29, 1.82) is 0 Å². The summed E-state index contributed by atoms with van der Waals surface area (Å²) in [5.41, 5.74) is 1.16. The summed E-state index contributed by atoms with van der Waals surface area (Å²) in [6, 6.07) is -0.144. The number of hydrogen-bond acceptors (Lipinski definition) is 7. The monoisotopic (exact) mass is 319 g/mol. The van der Waals surface area contributed by atoms with E-state index in [4.69, 9.17) is 0 Å². The van der Waals surface area contributed by atoms with Crippen LogP contribution in [0.1, 0.15) is 30.3 Å². The lowest BCUT2D eigenvalue weighted by molar-refractivity contribution is 0.0590. The second-order valence-corrected chi connectivity index (χ2v) is 7.36. The molecule has 1 aliphatic heterocycles. The van der Waals surface area contributed by atoms with Crippen molar-refractivity contribution in [3.05, 3.63) is 11.2 Å². The van der Waals surface area contributed by atoms with E-state index in [1.807, 2.05) is 6.92 Å².